The number of hydrogen-bond donors (Lipinski definition) is 0. The summed E-state index contributed by atoms with van der Waals surface area (Å²) >= 11 is 0. The number of nitrogens with zero attached hydrogens (tertiary/aromatic N) is 2. The largest absolute Gasteiger partial charge is 0.310 e. The first-order valence-corrected chi connectivity index (χ1v) is 24.6. The lowest BCUT2D eigenvalue weighted by atomic mass is 9.67. The van der Waals surface area contributed by atoms with Gasteiger partial charge in [0.05, 0.1) is 16.4 Å². The number of benzene rings is 12. The van der Waals surface area contributed by atoms with E-state index in [1.165, 1.54) is 99.0 Å². The number of fused-ring (bicyclic) bond motifs is 11. The summed E-state index contributed by atoms with van der Waals surface area (Å²) in [4.78, 5) is 2.40. The van der Waals surface area contributed by atoms with Crippen LogP contribution >= 0.6 is 0 Å². The molecule has 0 unspecified atom stereocenters. The fourth-order valence-corrected chi connectivity index (χ4v) is 12.0. The van der Waals surface area contributed by atoms with E-state index in [2.05, 4.69) is 289 Å². The predicted molar refractivity (Wildman–Crippen MR) is 299 cm³/mol. The fraction of sp³-hybridized carbons (Fsp3) is 0.0145. The number of rotatable bonds is 8. The van der Waals surface area contributed by atoms with Crippen LogP contribution in [0.3, 0.4) is 0 Å². The summed E-state index contributed by atoms with van der Waals surface area (Å²) in [6.45, 7) is 0. The number of para-hydroxylation sites is 2. The first kappa shape index (κ1) is 40.8. The summed E-state index contributed by atoms with van der Waals surface area (Å²) in [6, 6.07) is 103. The van der Waals surface area contributed by atoms with Crippen LogP contribution in [0.15, 0.2) is 279 Å². The van der Waals surface area contributed by atoms with Crippen LogP contribution in [0.2, 0.25) is 0 Å². The lowest BCUT2D eigenvalue weighted by Crippen LogP contribution is -2.28. The molecule has 0 N–H and O–H groups in total. The molecular weight excluding hydrogens is 857 g/mol. The van der Waals surface area contributed by atoms with E-state index < -0.39 is 5.41 Å². The molecule has 0 atom stereocenters. The van der Waals surface area contributed by atoms with Crippen LogP contribution in [0.5, 0.6) is 0 Å². The third-order valence-corrected chi connectivity index (χ3v) is 15.0. The number of anilines is 3. The van der Waals surface area contributed by atoms with Crippen LogP contribution in [0.4, 0.5) is 17.1 Å². The summed E-state index contributed by atoms with van der Waals surface area (Å²) in [5.74, 6) is 0. The van der Waals surface area contributed by atoms with Gasteiger partial charge in [0.1, 0.15) is 0 Å². The second-order valence-electron chi connectivity index (χ2n) is 18.8. The van der Waals surface area contributed by atoms with Crippen molar-refractivity contribution in [2.75, 3.05) is 4.90 Å². The quantitative estimate of drug-likeness (QED) is 0.138. The molecule has 0 radical (unpaired) electrons. The van der Waals surface area contributed by atoms with Crippen molar-refractivity contribution in [2.45, 2.75) is 5.41 Å². The molecule has 0 saturated carbocycles. The molecule has 1 aliphatic carbocycles. The smallest absolute Gasteiger partial charge is 0.0714 e. The Labute approximate surface area is 413 Å². The van der Waals surface area contributed by atoms with Crippen molar-refractivity contribution in [3.8, 4) is 39.1 Å². The monoisotopic (exact) mass is 902 g/mol. The lowest BCUT2D eigenvalue weighted by Gasteiger charge is -2.35. The van der Waals surface area contributed by atoms with Gasteiger partial charge in [-0.25, -0.2) is 0 Å². The molecule has 1 heterocycles. The van der Waals surface area contributed by atoms with Crippen LogP contribution in [0.1, 0.15) is 22.3 Å². The van der Waals surface area contributed by atoms with Gasteiger partial charge in [-0.05, 0) is 132 Å². The van der Waals surface area contributed by atoms with Crippen molar-refractivity contribution in [3.05, 3.63) is 301 Å². The zero-order valence-corrected chi connectivity index (χ0v) is 39.0. The normalized spacial score (nSPS) is 12.6. The predicted octanol–water partition coefficient (Wildman–Crippen LogP) is 18.3. The van der Waals surface area contributed by atoms with Gasteiger partial charge in [0.25, 0.3) is 0 Å². The van der Waals surface area contributed by atoms with Gasteiger partial charge in [0.2, 0.25) is 0 Å². The molecule has 71 heavy (non-hydrogen) atoms. The Bertz CT molecular complexity index is 4080. The highest BCUT2D eigenvalue weighted by molar-refractivity contribution is 6.32. The highest BCUT2D eigenvalue weighted by atomic mass is 15.1. The van der Waals surface area contributed by atoms with E-state index in [1.54, 1.807) is 0 Å². The standard InChI is InChI=1S/C69H46N2/c1-5-19-51(20-6-1)69(52-21-7-2-8-22-52)64-32-18-17-29-59(64)60-43-42-56(46-65(60)69)70(53-23-9-3-10-24-53)55-40-37-48(38-41-55)47-33-35-49(36-34-47)50-39-44-66-63(45-50)67-61-30-15-13-27-57(61)58-28-14-16-31-62(58)68(67)71(66)54-25-11-4-12-26-54/h1-46H. The maximum Gasteiger partial charge on any atom is 0.0714 e. The van der Waals surface area contributed by atoms with E-state index in [9.17, 15) is 0 Å². The molecule has 1 aliphatic rings. The van der Waals surface area contributed by atoms with E-state index in [1.807, 2.05) is 0 Å². The summed E-state index contributed by atoms with van der Waals surface area (Å²) < 4.78 is 2.46. The summed E-state index contributed by atoms with van der Waals surface area (Å²) in [7, 11) is 0. The van der Waals surface area contributed by atoms with Gasteiger partial charge >= 0.3 is 0 Å². The third kappa shape index (κ3) is 6.35. The molecule has 332 valence electrons. The Morgan fingerprint density at radius 1 is 0.296 bits per heavy atom. The Morgan fingerprint density at radius 3 is 1.42 bits per heavy atom. The summed E-state index contributed by atoms with van der Waals surface area (Å²) in [5, 5.41) is 7.63. The van der Waals surface area contributed by atoms with Crippen molar-refractivity contribution in [1.82, 2.24) is 4.57 Å². The first-order valence-electron chi connectivity index (χ1n) is 24.6. The molecule has 2 nitrogen and oxygen atoms in total. The van der Waals surface area contributed by atoms with E-state index in [0.717, 1.165) is 22.7 Å². The molecule has 13 aromatic rings. The van der Waals surface area contributed by atoms with Crippen LogP contribution in [0.25, 0.3) is 82.4 Å². The molecule has 0 bridgehead atoms. The third-order valence-electron chi connectivity index (χ3n) is 15.0. The van der Waals surface area contributed by atoms with E-state index >= 15 is 0 Å². The highest BCUT2D eigenvalue weighted by Gasteiger charge is 2.46. The molecular formula is C69H46N2. The van der Waals surface area contributed by atoms with Gasteiger partial charge < -0.3 is 9.47 Å². The molecule has 2 heteroatoms. The Balaban J connectivity index is 0.850. The second-order valence-corrected chi connectivity index (χ2v) is 18.8. The van der Waals surface area contributed by atoms with Crippen LogP contribution in [-0.4, -0.2) is 4.57 Å². The van der Waals surface area contributed by atoms with Gasteiger partial charge in [0, 0.05) is 38.9 Å². The van der Waals surface area contributed by atoms with E-state index in [4.69, 9.17) is 0 Å². The van der Waals surface area contributed by atoms with E-state index in [-0.39, 0.29) is 0 Å². The maximum absolute atomic E-state index is 2.46. The average molecular weight is 903 g/mol. The van der Waals surface area contributed by atoms with Gasteiger partial charge in [-0.1, -0.05) is 218 Å². The van der Waals surface area contributed by atoms with Crippen LogP contribution < -0.4 is 4.90 Å². The van der Waals surface area contributed by atoms with Crippen molar-refractivity contribution in [3.63, 3.8) is 0 Å². The fourth-order valence-electron chi connectivity index (χ4n) is 12.0. The lowest BCUT2D eigenvalue weighted by molar-refractivity contribution is 0.768. The Morgan fingerprint density at radius 2 is 0.761 bits per heavy atom. The summed E-state index contributed by atoms with van der Waals surface area (Å²) in [5.41, 5.74) is 18.8. The Hall–Kier alpha value is -9.24. The molecule has 1 aromatic heterocycles. The molecule has 0 saturated heterocycles. The van der Waals surface area contributed by atoms with Crippen LogP contribution in [0, 0.1) is 0 Å². The first-order chi connectivity index (χ1) is 35.2. The zero-order valence-electron chi connectivity index (χ0n) is 39.0. The molecule has 0 spiro atoms. The minimum atomic E-state index is -0.487. The molecule has 12 aromatic carbocycles. The van der Waals surface area contributed by atoms with Gasteiger partial charge in [-0.15, -0.1) is 0 Å². The second kappa shape index (κ2) is 16.5. The molecule has 0 aliphatic heterocycles. The number of aromatic nitrogens is 1. The minimum absolute atomic E-state index is 0.487. The average Bonchev–Trinajstić information content (AvgIpc) is 3.96. The maximum atomic E-state index is 2.46. The van der Waals surface area contributed by atoms with Crippen molar-refractivity contribution in [1.29, 1.82) is 0 Å². The molecule has 0 amide bonds. The summed E-state index contributed by atoms with van der Waals surface area (Å²) in [6.07, 6.45) is 0. The zero-order chi connectivity index (χ0) is 46.9. The molecule has 14 rings (SSSR count). The van der Waals surface area contributed by atoms with Crippen molar-refractivity contribution in [2.24, 2.45) is 0 Å². The minimum Gasteiger partial charge on any atom is -0.310 e. The van der Waals surface area contributed by atoms with Crippen molar-refractivity contribution >= 4 is 60.4 Å². The van der Waals surface area contributed by atoms with Gasteiger partial charge in [0.15, 0.2) is 0 Å². The topological polar surface area (TPSA) is 8.17 Å². The Kier molecular flexibility index (Phi) is 9.47. The highest BCUT2D eigenvalue weighted by Crippen LogP contribution is 2.57. The number of hydrogen-bond acceptors (Lipinski definition) is 1. The van der Waals surface area contributed by atoms with E-state index in [0.29, 0.717) is 0 Å². The van der Waals surface area contributed by atoms with Crippen molar-refractivity contribution < 1.29 is 0 Å². The van der Waals surface area contributed by atoms with Gasteiger partial charge in [-0.3, -0.25) is 0 Å². The van der Waals surface area contributed by atoms with Gasteiger partial charge in [-0.2, -0.15) is 0 Å². The molecule has 0 fully saturated rings. The van der Waals surface area contributed by atoms with Crippen LogP contribution in [-0.2, 0) is 5.41 Å². The SMILES string of the molecule is c1ccc(N(c2ccc(-c3ccc(-c4ccc5c(c4)c4c6ccccc6c6ccccc6c4n5-c4ccccc4)cc3)cc2)c2ccc3c(c2)C(c2ccccc2)(c2ccccc2)c2ccccc2-3)cc1.